The van der Waals surface area contributed by atoms with Crippen molar-refractivity contribution in [2.45, 2.75) is 45.3 Å². The van der Waals surface area contributed by atoms with Gasteiger partial charge in [0.05, 0.1) is 32.2 Å². The Hall–Kier alpha value is -3.81. The van der Waals surface area contributed by atoms with E-state index in [1.54, 1.807) is 36.4 Å². The van der Waals surface area contributed by atoms with Crippen LogP contribution in [0.4, 0.5) is 0 Å². The maximum atomic E-state index is 11.5. The summed E-state index contributed by atoms with van der Waals surface area (Å²) < 4.78 is 14.0. The number of carboxylic acid groups (broad SMARTS) is 1. The maximum absolute atomic E-state index is 11.5. The summed E-state index contributed by atoms with van der Waals surface area (Å²) in [5, 5.41) is 14.7. The van der Waals surface area contributed by atoms with E-state index in [9.17, 15) is 9.90 Å². The van der Waals surface area contributed by atoms with Crippen molar-refractivity contribution in [3.05, 3.63) is 87.6 Å². The van der Waals surface area contributed by atoms with Gasteiger partial charge >= 0.3 is 5.97 Å². The van der Waals surface area contributed by atoms with E-state index in [2.05, 4.69) is 9.72 Å². The lowest BCUT2D eigenvalue weighted by Crippen LogP contribution is -2.02. The molecule has 0 aliphatic heterocycles. The monoisotopic (exact) mass is 561 g/mol. The van der Waals surface area contributed by atoms with Crippen LogP contribution in [0.1, 0.15) is 60.3 Å². The number of benzene rings is 3. The number of carbonyl (C=O) groups is 1. The smallest absolute Gasteiger partial charge is 0.335 e. The van der Waals surface area contributed by atoms with E-state index < -0.39 is 5.97 Å². The van der Waals surface area contributed by atoms with Crippen LogP contribution < -0.4 is 4.74 Å². The summed E-state index contributed by atoms with van der Waals surface area (Å²) in [6, 6.07) is 18.5. The van der Waals surface area contributed by atoms with E-state index in [1.807, 2.05) is 38.1 Å². The average Bonchev–Trinajstić information content (AvgIpc) is 3.55. The van der Waals surface area contributed by atoms with Crippen molar-refractivity contribution in [2.24, 2.45) is 0 Å². The fraction of sp³-hybridized carbons (Fsp3) is 0.233. The standard InChI is InChI=1S/C30H25Cl2N3O4/c1-16(2)28-21(27(34-39-28)26-22(31)4-3-5-23(26)32)15-38-20-11-6-17(7-12-20)29-33-24-13-8-18(30(36)37)14-25(24)35(29)19-9-10-19/h3-8,11-14,16,19H,9-10,15H2,1-2H3,(H,36,37). The minimum Gasteiger partial charge on any atom is -0.489 e. The Morgan fingerprint density at radius 2 is 1.82 bits per heavy atom. The molecule has 5 aromatic rings. The van der Waals surface area contributed by atoms with E-state index in [1.165, 1.54) is 0 Å². The van der Waals surface area contributed by atoms with Gasteiger partial charge in [0, 0.05) is 23.1 Å². The number of ether oxygens (including phenoxy) is 1. The van der Waals surface area contributed by atoms with Crippen molar-refractivity contribution in [2.75, 3.05) is 0 Å². The van der Waals surface area contributed by atoms with Gasteiger partial charge in [0.15, 0.2) is 0 Å². The van der Waals surface area contributed by atoms with Crippen LogP contribution in [0.3, 0.4) is 0 Å². The summed E-state index contributed by atoms with van der Waals surface area (Å²) in [5.41, 5.74) is 4.80. The molecule has 7 nitrogen and oxygen atoms in total. The summed E-state index contributed by atoms with van der Waals surface area (Å²) in [7, 11) is 0. The Morgan fingerprint density at radius 1 is 1.10 bits per heavy atom. The second kappa shape index (κ2) is 10.1. The van der Waals surface area contributed by atoms with Crippen LogP contribution in [0.25, 0.3) is 33.7 Å². The summed E-state index contributed by atoms with van der Waals surface area (Å²) in [6.45, 7) is 4.29. The summed E-state index contributed by atoms with van der Waals surface area (Å²) in [5.74, 6) is 1.35. The number of hydrogen-bond acceptors (Lipinski definition) is 5. The minimum atomic E-state index is -0.947. The zero-order valence-electron chi connectivity index (χ0n) is 21.3. The molecule has 198 valence electrons. The third kappa shape index (κ3) is 4.77. The van der Waals surface area contributed by atoms with Gasteiger partial charge in [0.1, 0.15) is 29.6 Å². The van der Waals surface area contributed by atoms with Crippen LogP contribution in [0, 0.1) is 0 Å². The average molecular weight is 562 g/mol. The molecule has 6 rings (SSSR count). The number of rotatable bonds is 8. The molecule has 0 spiro atoms. The molecule has 1 aliphatic carbocycles. The quantitative estimate of drug-likeness (QED) is 0.204. The fourth-order valence-electron chi connectivity index (χ4n) is 4.82. The van der Waals surface area contributed by atoms with Crippen LogP contribution in [0.5, 0.6) is 5.75 Å². The van der Waals surface area contributed by atoms with Crippen molar-refractivity contribution in [3.8, 4) is 28.4 Å². The van der Waals surface area contributed by atoms with Crippen LogP contribution >= 0.6 is 23.2 Å². The van der Waals surface area contributed by atoms with E-state index in [4.69, 9.17) is 37.4 Å². The number of nitrogens with zero attached hydrogens (tertiary/aromatic N) is 3. The highest BCUT2D eigenvalue weighted by Gasteiger charge is 2.29. The lowest BCUT2D eigenvalue weighted by molar-refractivity contribution is 0.0697. The van der Waals surface area contributed by atoms with E-state index in [-0.39, 0.29) is 18.1 Å². The van der Waals surface area contributed by atoms with E-state index in [0.717, 1.165) is 46.6 Å². The number of hydrogen-bond donors (Lipinski definition) is 1. The molecular weight excluding hydrogens is 537 g/mol. The Morgan fingerprint density at radius 3 is 2.46 bits per heavy atom. The molecule has 2 heterocycles. The number of carboxylic acids is 1. The van der Waals surface area contributed by atoms with Gasteiger partial charge in [-0.2, -0.15) is 0 Å². The molecule has 0 atom stereocenters. The molecule has 0 saturated heterocycles. The first-order valence-electron chi connectivity index (χ1n) is 12.7. The van der Waals surface area contributed by atoms with Crippen LogP contribution in [-0.4, -0.2) is 25.8 Å². The zero-order chi connectivity index (χ0) is 27.3. The second-order valence-corrected chi connectivity index (χ2v) is 10.8. The predicted molar refractivity (Wildman–Crippen MR) is 151 cm³/mol. The summed E-state index contributed by atoms with van der Waals surface area (Å²) in [6.07, 6.45) is 2.09. The van der Waals surface area contributed by atoms with Crippen molar-refractivity contribution in [3.63, 3.8) is 0 Å². The molecule has 3 aromatic carbocycles. The van der Waals surface area contributed by atoms with Gasteiger partial charge in [0.2, 0.25) is 0 Å². The lowest BCUT2D eigenvalue weighted by atomic mass is 10.0. The SMILES string of the molecule is CC(C)c1onc(-c2c(Cl)cccc2Cl)c1COc1ccc(-c2nc3ccc(C(=O)O)cc3n2C2CC2)cc1. The molecule has 2 aromatic heterocycles. The molecule has 0 unspecified atom stereocenters. The molecule has 0 bridgehead atoms. The van der Waals surface area contributed by atoms with Gasteiger partial charge in [-0.1, -0.05) is 48.3 Å². The van der Waals surface area contributed by atoms with Crippen LogP contribution in [-0.2, 0) is 6.61 Å². The molecule has 0 amide bonds. The highest BCUT2D eigenvalue weighted by Crippen LogP contribution is 2.42. The van der Waals surface area contributed by atoms with Crippen molar-refractivity contribution >= 4 is 40.2 Å². The highest BCUT2D eigenvalue weighted by molar-refractivity contribution is 6.39. The number of imidazole rings is 1. The molecule has 39 heavy (non-hydrogen) atoms. The van der Waals surface area contributed by atoms with Gasteiger partial charge < -0.3 is 18.9 Å². The first-order chi connectivity index (χ1) is 18.8. The Bertz CT molecular complexity index is 1680. The number of aromatic nitrogens is 3. The van der Waals surface area contributed by atoms with Crippen LogP contribution in [0.2, 0.25) is 10.0 Å². The van der Waals surface area contributed by atoms with Gasteiger partial charge in [-0.05, 0) is 67.4 Å². The molecule has 9 heteroatoms. The van der Waals surface area contributed by atoms with Gasteiger partial charge in [-0.15, -0.1) is 0 Å². The summed E-state index contributed by atoms with van der Waals surface area (Å²) in [4.78, 5) is 16.4. The normalized spacial score (nSPS) is 13.4. The largest absolute Gasteiger partial charge is 0.489 e. The van der Waals surface area contributed by atoms with Crippen molar-refractivity contribution < 1.29 is 19.2 Å². The van der Waals surface area contributed by atoms with E-state index >= 15 is 0 Å². The maximum Gasteiger partial charge on any atom is 0.335 e. The third-order valence-corrected chi connectivity index (χ3v) is 7.52. The molecule has 1 saturated carbocycles. The lowest BCUT2D eigenvalue weighted by Gasteiger charge is -2.12. The Labute approximate surface area is 234 Å². The second-order valence-electron chi connectivity index (χ2n) is 9.98. The Balaban J connectivity index is 1.29. The minimum absolute atomic E-state index is 0.0885. The van der Waals surface area contributed by atoms with Gasteiger partial charge in [0.25, 0.3) is 0 Å². The van der Waals surface area contributed by atoms with Crippen molar-refractivity contribution in [1.29, 1.82) is 0 Å². The van der Waals surface area contributed by atoms with Crippen molar-refractivity contribution in [1.82, 2.24) is 14.7 Å². The topological polar surface area (TPSA) is 90.4 Å². The molecule has 0 radical (unpaired) electrons. The zero-order valence-corrected chi connectivity index (χ0v) is 22.8. The first-order valence-corrected chi connectivity index (χ1v) is 13.5. The van der Waals surface area contributed by atoms with E-state index in [0.29, 0.717) is 33.1 Å². The van der Waals surface area contributed by atoms with Gasteiger partial charge in [-0.3, -0.25) is 0 Å². The molecule has 1 N–H and O–H groups in total. The first kappa shape index (κ1) is 25.5. The van der Waals surface area contributed by atoms with Gasteiger partial charge in [-0.25, -0.2) is 9.78 Å². The van der Waals surface area contributed by atoms with Crippen LogP contribution in [0.15, 0.2) is 65.2 Å². The third-order valence-electron chi connectivity index (χ3n) is 6.89. The molecular formula is C30H25Cl2N3O4. The predicted octanol–water partition coefficient (Wildman–Crippen LogP) is 8.40. The fourth-order valence-corrected chi connectivity index (χ4v) is 5.40. The Kier molecular flexibility index (Phi) is 6.57. The highest BCUT2D eigenvalue weighted by atomic mass is 35.5. The number of aromatic carboxylic acids is 1. The molecule has 1 fully saturated rings. The number of fused-ring (bicyclic) bond motifs is 1. The summed E-state index contributed by atoms with van der Waals surface area (Å²) >= 11 is 12.9. The number of halogens is 2. The molecule has 1 aliphatic rings.